The normalized spacial score (nSPS) is 12.9. The molecule has 20 heavy (non-hydrogen) atoms. The number of unbranched alkanes of at least 4 members (excludes halogenated alkanes) is 1. The Morgan fingerprint density at radius 2 is 2.15 bits per heavy atom. The second-order valence-corrected chi connectivity index (χ2v) is 8.05. The summed E-state index contributed by atoms with van der Waals surface area (Å²) in [5, 5.41) is 2.04. The van der Waals surface area contributed by atoms with Crippen LogP contribution in [0.15, 0.2) is 34.0 Å². The van der Waals surface area contributed by atoms with Crippen LogP contribution in [-0.2, 0) is 11.2 Å². The predicted octanol–water partition coefficient (Wildman–Crippen LogP) is 4.33. The van der Waals surface area contributed by atoms with Crippen molar-refractivity contribution in [2.45, 2.75) is 24.1 Å². The highest BCUT2D eigenvalue weighted by Crippen LogP contribution is 2.29. The van der Waals surface area contributed by atoms with Crippen LogP contribution in [0, 0.1) is 0 Å². The summed E-state index contributed by atoms with van der Waals surface area (Å²) in [4.78, 5) is 11.1. The van der Waals surface area contributed by atoms with Gasteiger partial charge < -0.3 is 4.55 Å². The summed E-state index contributed by atoms with van der Waals surface area (Å²) >= 11 is 2.13. The minimum Gasteiger partial charge on any atom is -0.610 e. The summed E-state index contributed by atoms with van der Waals surface area (Å²) in [6, 6.07) is 8.02. The van der Waals surface area contributed by atoms with Gasteiger partial charge >= 0.3 is 4.34 Å². The molecule has 0 radical (unpaired) electrons. The van der Waals surface area contributed by atoms with Gasteiger partial charge in [0.2, 0.25) is 0 Å². The van der Waals surface area contributed by atoms with Crippen LogP contribution in [0.25, 0.3) is 20.9 Å². The van der Waals surface area contributed by atoms with Crippen molar-refractivity contribution >= 4 is 44.2 Å². The van der Waals surface area contributed by atoms with Gasteiger partial charge in [-0.2, -0.15) is 4.98 Å². The van der Waals surface area contributed by atoms with Gasteiger partial charge in [0.25, 0.3) is 0 Å². The molecular weight excluding hydrogens is 308 g/mol. The zero-order valence-electron chi connectivity index (χ0n) is 11.0. The standard InChI is InChI=1S/C14H14N2OS3/c1-2-3-9-20(17)14-16-11-7-6-10(15-13(11)19-14)12-5-4-8-18-12/h4-8H,2-3,9H2,1H3. The Morgan fingerprint density at radius 3 is 2.90 bits per heavy atom. The van der Waals surface area contributed by atoms with Crippen LogP contribution in [-0.4, -0.2) is 20.3 Å². The van der Waals surface area contributed by atoms with Gasteiger partial charge in [0.15, 0.2) is 0 Å². The quantitative estimate of drug-likeness (QED) is 0.657. The van der Waals surface area contributed by atoms with Crippen LogP contribution in [0.2, 0.25) is 0 Å². The molecule has 0 N–H and O–H groups in total. The van der Waals surface area contributed by atoms with Gasteiger partial charge in [-0.1, -0.05) is 19.4 Å². The van der Waals surface area contributed by atoms with Gasteiger partial charge in [0, 0.05) is 11.2 Å². The van der Waals surface area contributed by atoms with E-state index < -0.39 is 11.2 Å². The van der Waals surface area contributed by atoms with Crippen LogP contribution in [0.4, 0.5) is 0 Å². The fourth-order valence-electron chi connectivity index (χ4n) is 1.82. The van der Waals surface area contributed by atoms with Gasteiger partial charge in [-0.05, 0) is 41.3 Å². The summed E-state index contributed by atoms with van der Waals surface area (Å²) in [5.41, 5.74) is 1.80. The van der Waals surface area contributed by atoms with Crippen molar-refractivity contribution < 1.29 is 4.55 Å². The monoisotopic (exact) mass is 322 g/mol. The van der Waals surface area contributed by atoms with E-state index in [1.165, 1.54) is 11.3 Å². The molecule has 3 rings (SSSR count). The van der Waals surface area contributed by atoms with Crippen molar-refractivity contribution in [2.24, 2.45) is 0 Å². The molecule has 0 aliphatic rings. The first-order valence-electron chi connectivity index (χ1n) is 6.48. The Morgan fingerprint density at radius 1 is 1.25 bits per heavy atom. The second kappa shape index (κ2) is 6.22. The smallest absolute Gasteiger partial charge is 0.304 e. The lowest BCUT2D eigenvalue weighted by Crippen LogP contribution is -2.05. The van der Waals surface area contributed by atoms with Crippen molar-refractivity contribution in [1.29, 1.82) is 0 Å². The molecule has 0 aliphatic carbocycles. The molecule has 0 aromatic carbocycles. The molecule has 0 saturated carbocycles. The maximum absolute atomic E-state index is 12.1. The van der Waals surface area contributed by atoms with Gasteiger partial charge in [-0.15, -0.1) is 11.3 Å². The van der Waals surface area contributed by atoms with E-state index in [2.05, 4.69) is 23.0 Å². The third-order valence-corrected chi connectivity index (χ3v) is 6.49. The van der Waals surface area contributed by atoms with Gasteiger partial charge in [0.05, 0.1) is 10.6 Å². The molecule has 0 fully saturated rings. The van der Waals surface area contributed by atoms with Gasteiger partial charge in [-0.25, -0.2) is 4.98 Å². The molecule has 3 nitrogen and oxygen atoms in total. The lowest BCUT2D eigenvalue weighted by atomic mass is 10.3. The zero-order valence-corrected chi connectivity index (χ0v) is 13.5. The first-order valence-corrected chi connectivity index (χ1v) is 9.49. The summed E-state index contributed by atoms with van der Waals surface area (Å²) in [6.45, 7) is 2.10. The number of pyridine rings is 1. The maximum Gasteiger partial charge on any atom is 0.304 e. The van der Waals surface area contributed by atoms with Crippen molar-refractivity contribution in [1.82, 2.24) is 9.97 Å². The fraction of sp³-hybridized carbons (Fsp3) is 0.286. The van der Waals surface area contributed by atoms with Crippen LogP contribution in [0.3, 0.4) is 0 Å². The second-order valence-electron chi connectivity index (χ2n) is 4.38. The first-order chi connectivity index (χ1) is 9.78. The van der Waals surface area contributed by atoms with E-state index in [-0.39, 0.29) is 0 Å². The minimum atomic E-state index is -0.989. The number of rotatable bonds is 5. The Balaban J connectivity index is 1.91. The minimum absolute atomic E-state index is 0.689. The van der Waals surface area contributed by atoms with E-state index in [0.29, 0.717) is 10.1 Å². The first kappa shape index (κ1) is 14.0. The summed E-state index contributed by atoms with van der Waals surface area (Å²) in [7, 11) is 0. The number of hydrogen-bond donors (Lipinski definition) is 0. The van der Waals surface area contributed by atoms with Crippen LogP contribution < -0.4 is 0 Å². The molecule has 1 atom stereocenters. The summed E-state index contributed by atoms with van der Waals surface area (Å²) in [6.07, 6.45) is 2.02. The molecule has 1 unspecified atom stereocenters. The highest BCUT2D eigenvalue weighted by atomic mass is 32.2. The molecule has 0 aliphatic heterocycles. The van der Waals surface area contributed by atoms with Crippen LogP contribution in [0.1, 0.15) is 19.8 Å². The molecule has 0 amide bonds. The third kappa shape index (κ3) is 2.88. The molecular formula is C14H14N2OS3. The van der Waals surface area contributed by atoms with E-state index in [4.69, 9.17) is 0 Å². The largest absolute Gasteiger partial charge is 0.610 e. The number of thiazole rings is 1. The molecule has 3 heterocycles. The lowest BCUT2D eigenvalue weighted by molar-refractivity contribution is 0.591. The van der Waals surface area contributed by atoms with Crippen molar-refractivity contribution in [3.63, 3.8) is 0 Å². The zero-order chi connectivity index (χ0) is 13.9. The molecule has 6 heteroatoms. The van der Waals surface area contributed by atoms with E-state index in [0.717, 1.165) is 33.8 Å². The van der Waals surface area contributed by atoms with Crippen molar-refractivity contribution in [2.75, 3.05) is 5.75 Å². The van der Waals surface area contributed by atoms with E-state index in [1.54, 1.807) is 11.3 Å². The lowest BCUT2D eigenvalue weighted by Gasteiger charge is -2.04. The Labute approximate surface area is 128 Å². The fourth-order valence-corrected chi connectivity index (χ4v) is 4.97. The van der Waals surface area contributed by atoms with E-state index in [1.807, 2.05) is 23.6 Å². The van der Waals surface area contributed by atoms with Crippen LogP contribution in [0.5, 0.6) is 0 Å². The Bertz CT molecular complexity index is 694. The number of thiophene rings is 1. The topological polar surface area (TPSA) is 48.8 Å². The molecule has 0 saturated heterocycles. The predicted molar refractivity (Wildman–Crippen MR) is 86.9 cm³/mol. The molecule has 0 bridgehead atoms. The third-order valence-electron chi connectivity index (χ3n) is 2.89. The Hall–Kier alpha value is -0.950. The maximum atomic E-state index is 12.1. The molecule has 104 valence electrons. The van der Waals surface area contributed by atoms with E-state index in [9.17, 15) is 4.55 Å². The summed E-state index contributed by atoms with van der Waals surface area (Å²) in [5.74, 6) is 0.689. The van der Waals surface area contributed by atoms with E-state index >= 15 is 0 Å². The van der Waals surface area contributed by atoms with Crippen LogP contribution >= 0.6 is 22.7 Å². The Kier molecular flexibility index (Phi) is 4.35. The number of aromatic nitrogens is 2. The molecule has 3 aromatic rings. The van der Waals surface area contributed by atoms with Crippen molar-refractivity contribution in [3.8, 4) is 10.6 Å². The van der Waals surface area contributed by atoms with Gasteiger partial charge in [-0.3, -0.25) is 0 Å². The summed E-state index contributed by atoms with van der Waals surface area (Å²) < 4.78 is 12.8. The average Bonchev–Trinajstić information content (AvgIpc) is 3.12. The highest BCUT2D eigenvalue weighted by Gasteiger charge is 2.17. The van der Waals surface area contributed by atoms with Crippen molar-refractivity contribution in [3.05, 3.63) is 29.6 Å². The number of fused-ring (bicyclic) bond motifs is 1. The molecule has 3 aromatic heterocycles. The number of nitrogens with zero attached hydrogens (tertiary/aromatic N) is 2. The number of hydrogen-bond acceptors (Lipinski definition) is 5. The SMILES string of the molecule is CCCC[S+]([O-])c1nc2ccc(-c3cccs3)nc2s1. The average molecular weight is 322 g/mol. The highest BCUT2D eigenvalue weighted by molar-refractivity contribution is 7.93. The van der Waals surface area contributed by atoms with Gasteiger partial charge in [0.1, 0.15) is 16.1 Å². The molecule has 0 spiro atoms.